The monoisotopic (exact) mass is 478 g/mol. The van der Waals surface area contributed by atoms with E-state index in [4.69, 9.17) is 9.73 Å². The van der Waals surface area contributed by atoms with Crippen LogP contribution in [0.4, 0.5) is 5.00 Å². The smallest absolute Gasteiger partial charge is 0.134 e. The van der Waals surface area contributed by atoms with E-state index in [1.54, 1.807) is 11.3 Å². The van der Waals surface area contributed by atoms with Crippen molar-refractivity contribution in [2.24, 2.45) is 16.3 Å². The fourth-order valence-electron chi connectivity index (χ4n) is 4.88. The Morgan fingerprint density at radius 2 is 1.83 bits per heavy atom. The van der Waals surface area contributed by atoms with Crippen LogP contribution < -0.4 is 4.74 Å². The van der Waals surface area contributed by atoms with Gasteiger partial charge in [-0.1, -0.05) is 63.2 Å². The molecule has 5 rings (SSSR count). The second-order valence-corrected chi connectivity index (χ2v) is 11.4. The molecule has 1 heterocycles. The molecule has 0 radical (unpaired) electrons. The molecule has 0 fully saturated rings. The van der Waals surface area contributed by atoms with Gasteiger partial charge in [0.25, 0.3) is 0 Å². The molecule has 0 saturated heterocycles. The first-order valence-corrected chi connectivity index (χ1v) is 13.0. The molecule has 1 aliphatic rings. The maximum atomic E-state index is 9.81. The summed E-state index contributed by atoms with van der Waals surface area (Å²) in [6.07, 6.45) is 5.03. The van der Waals surface area contributed by atoms with Crippen LogP contribution in [0.15, 0.2) is 71.7 Å². The normalized spacial score (nSPS) is 15.8. The van der Waals surface area contributed by atoms with Gasteiger partial charge >= 0.3 is 0 Å². The van der Waals surface area contributed by atoms with Gasteiger partial charge < -0.3 is 4.74 Å². The molecule has 0 N–H and O–H groups in total. The number of fused-ring (bicyclic) bond motifs is 2. The third kappa shape index (κ3) is 5.01. The lowest BCUT2D eigenvalue weighted by Crippen LogP contribution is -2.26. The zero-order chi connectivity index (χ0) is 24.4. The molecule has 176 valence electrons. The average Bonchev–Trinajstić information content (AvgIpc) is 3.23. The van der Waals surface area contributed by atoms with E-state index >= 15 is 0 Å². The molecule has 0 amide bonds. The maximum Gasteiger partial charge on any atom is 0.134 e. The zero-order valence-corrected chi connectivity index (χ0v) is 21.4. The van der Waals surface area contributed by atoms with Gasteiger partial charge in [-0.3, -0.25) is 0 Å². The first kappa shape index (κ1) is 23.3. The number of thiophene rings is 1. The number of hydrogen-bond donors (Lipinski definition) is 0. The van der Waals surface area contributed by atoms with Crippen LogP contribution in [0.1, 0.15) is 54.3 Å². The topological polar surface area (TPSA) is 45.4 Å². The van der Waals surface area contributed by atoms with E-state index in [-0.39, 0.29) is 5.41 Å². The predicted octanol–water partition coefficient (Wildman–Crippen LogP) is 8.25. The summed E-state index contributed by atoms with van der Waals surface area (Å²) in [4.78, 5) is 6.07. The van der Waals surface area contributed by atoms with E-state index in [2.05, 4.69) is 69.3 Å². The molecule has 1 atom stereocenters. The Morgan fingerprint density at radius 3 is 2.60 bits per heavy atom. The van der Waals surface area contributed by atoms with Gasteiger partial charge in [-0.25, -0.2) is 4.99 Å². The third-order valence-electron chi connectivity index (χ3n) is 7.07. The van der Waals surface area contributed by atoms with Gasteiger partial charge in [-0.15, -0.1) is 11.3 Å². The molecule has 1 aliphatic carbocycles. The Kier molecular flexibility index (Phi) is 6.45. The SMILES string of the molecule is CC(C)(C)[C@@H]1CCc2c(sc(N=Cc3ccc(OCc4cccc5ccccc45)cc3)c2C#N)C1. The minimum Gasteiger partial charge on any atom is -0.489 e. The molecule has 0 bridgehead atoms. The van der Waals surface area contributed by atoms with E-state index in [0.717, 1.165) is 41.1 Å². The van der Waals surface area contributed by atoms with Gasteiger partial charge in [0.1, 0.15) is 23.4 Å². The number of aliphatic imine (C=N–C) groups is 1. The van der Waals surface area contributed by atoms with Crippen LogP contribution in [-0.4, -0.2) is 6.21 Å². The molecular weight excluding hydrogens is 448 g/mol. The standard InChI is InChI=1S/C31H30N2OS/c1-31(2,3)24-13-16-27-28(18-32)30(35-29(27)17-24)33-19-21-11-14-25(15-12-21)34-20-23-9-6-8-22-7-4-5-10-26(22)23/h4-12,14-15,19,24H,13,16-17,20H2,1-3H3/t24-/m1/s1. The minimum absolute atomic E-state index is 0.287. The molecule has 35 heavy (non-hydrogen) atoms. The van der Waals surface area contributed by atoms with Crippen molar-refractivity contribution in [2.45, 2.75) is 46.6 Å². The lowest BCUT2D eigenvalue weighted by atomic mass is 9.72. The maximum absolute atomic E-state index is 9.81. The quantitative estimate of drug-likeness (QED) is 0.271. The van der Waals surface area contributed by atoms with Crippen LogP contribution in [0.25, 0.3) is 10.8 Å². The molecule has 3 aromatic carbocycles. The number of nitrogens with zero attached hydrogens (tertiary/aromatic N) is 2. The first-order valence-electron chi connectivity index (χ1n) is 12.2. The Morgan fingerprint density at radius 1 is 1.06 bits per heavy atom. The van der Waals surface area contributed by atoms with Crippen molar-refractivity contribution in [2.75, 3.05) is 0 Å². The van der Waals surface area contributed by atoms with Crippen LogP contribution in [0.5, 0.6) is 5.75 Å². The highest BCUT2D eigenvalue weighted by molar-refractivity contribution is 7.16. The van der Waals surface area contributed by atoms with Gasteiger partial charge in [0, 0.05) is 11.1 Å². The lowest BCUT2D eigenvalue weighted by molar-refractivity contribution is 0.218. The van der Waals surface area contributed by atoms with Crippen molar-refractivity contribution in [3.63, 3.8) is 0 Å². The highest BCUT2D eigenvalue weighted by Crippen LogP contribution is 2.44. The second-order valence-electron chi connectivity index (χ2n) is 10.4. The molecule has 4 heteroatoms. The van der Waals surface area contributed by atoms with Crippen molar-refractivity contribution in [3.8, 4) is 11.8 Å². The van der Waals surface area contributed by atoms with E-state index < -0.39 is 0 Å². The number of ether oxygens (including phenoxy) is 1. The summed E-state index contributed by atoms with van der Waals surface area (Å²) in [7, 11) is 0. The van der Waals surface area contributed by atoms with Gasteiger partial charge in [-0.2, -0.15) is 5.26 Å². The Labute approximate surface area is 211 Å². The van der Waals surface area contributed by atoms with Crippen molar-refractivity contribution < 1.29 is 4.74 Å². The molecule has 0 aliphatic heterocycles. The van der Waals surface area contributed by atoms with Crippen molar-refractivity contribution in [3.05, 3.63) is 93.9 Å². The number of hydrogen-bond acceptors (Lipinski definition) is 4. The summed E-state index contributed by atoms with van der Waals surface area (Å²) in [6, 6.07) is 25.1. The molecule has 1 aromatic heterocycles. The lowest BCUT2D eigenvalue weighted by Gasteiger charge is -2.33. The Balaban J connectivity index is 1.28. The van der Waals surface area contributed by atoms with Gasteiger partial charge in [0.2, 0.25) is 0 Å². The largest absolute Gasteiger partial charge is 0.489 e. The molecule has 3 nitrogen and oxygen atoms in total. The van der Waals surface area contributed by atoms with Crippen molar-refractivity contribution >= 4 is 33.3 Å². The van der Waals surface area contributed by atoms with E-state index in [1.165, 1.54) is 26.8 Å². The third-order valence-corrected chi connectivity index (χ3v) is 8.23. The summed E-state index contributed by atoms with van der Waals surface area (Å²) in [6.45, 7) is 7.47. The Bertz CT molecular complexity index is 1410. The first-order chi connectivity index (χ1) is 16.9. The number of rotatable bonds is 5. The van der Waals surface area contributed by atoms with Crippen LogP contribution in [0.2, 0.25) is 0 Å². The van der Waals surface area contributed by atoms with E-state index in [1.807, 2.05) is 30.5 Å². The van der Waals surface area contributed by atoms with E-state index in [0.29, 0.717) is 12.5 Å². The summed E-state index contributed by atoms with van der Waals surface area (Å²) < 4.78 is 6.06. The van der Waals surface area contributed by atoms with Crippen LogP contribution in [0, 0.1) is 22.7 Å². The second kappa shape index (κ2) is 9.68. The minimum atomic E-state index is 0.287. The molecule has 4 aromatic rings. The molecule has 0 unspecified atom stereocenters. The molecular formula is C31H30N2OS. The van der Waals surface area contributed by atoms with Gasteiger partial charge in [0.15, 0.2) is 0 Å². The van der Waals surface area contributed by atoms with Crippen molar-refractivity contribution in [1.82, 2.24) is 0 Å². The zero-order valence-electron chi connectivity index (χ0n) is 20.5. The molecule has 0 spiro atoms. The van der Waals surface area contributed by atoms with Crippen LogP contribution in [-0.2, 0) is 19.4 Å². The van der Waals surface area contributed by atoms with Gasteiger partial charge in [-0.05, 0) is 82.3 Å². The fourth-order valence-corrected chi connectivity index (χ4v) is 6.10. The van der Waals surface area contributed by atoms with Crippen molar-refractivity contribution in [1.29, 1.82) is 5.26 Å². The molecule has 0 saturated carbocycles. The summed E-state index contributed by atoms with van der Waals surface area (Å²) in [5.41, 5.74) is 4.44. The predicted molar refractivity (Wildman–Crippen MR) is 146 cm³/mol. The van der Waals surface area contributed by atoms with Gasteiger partial charge in [0.05, 0.1) is 5.56 Å². The number of benzene rings is 3. The highest BCUT2D eigenvalue weighted by atomic mass is 32.1. The Hall–Kier alpha value is -3.42. The van der Waals surface area contributed by atoms with Crippen LogP contribution in [0.3, 0.4) is 0 Å². The fraction of sp³-hybridized carbons (Fsp3) is 0.290. The highest BCUT2D eigenvalue weighted by Gasteiger charge is 2.32. The summed E-state index contributed by atoms with van der Waals surface area (Å²) in [5, 5.41) is 13.1. The average molecular weight is 479 g/mol. The summed E-state index contributed by atoms with van der Waals surface area (Å²) in [5.74, 6) is 1.48. The van der Waals surface area contributed by atoms with Crippen LogP contribution >= 0.6 is 11.3 Å². The van der Waals surface area contributed by atoms with E-state index in [9.17, 15) is 5.26 Å². The summed E-state index contributed by atoms with van der Waals surface area (Å²) >= 11 is 1.69. The number of nitriles is 1.